The summed E-state index contributed by atoms with van der Waals surface area (Å²) >= 11 is 0. The van der Waals surface area contributed by atoms with E-state index in [9.17, 15) is 9.00 Å². The molecular weight excluding hydrogens is 212 g/mol. The predicted molar refractivity (Wildman–Crippen MR) is 62.0 cm³/mol. The molecule has 0 saturated carbocycles. The Labute approximate surface area is 93.7 Å². The average Bonchev–Trinajstić information content (AvgIpc) is 2.14. The van der Waals surface area contributed by atoms with Crippen molar-refractivity contribution in [2.24, 2.45) is 5.73 Å². The molecule has 0 bridgehead atoms. The number of carbonyl (C=O) groups is 1. The van der Waals surface area contributed by atoms with E-state index in [1.54, 1.807) is 4.90 Å². The van der Waals surface area contributed by atoms with Crippen LogP contribution in [-0.4, -0.2) is 45.2 Å². The topological polar surface area (TPSA) is 63.4 Å². The number of hydrogen-bond donors (Lipinski definition) is 1. The fraction of sp³-hybridized carbons (Fsp3) is 0.900. The summed E-state index contributed by atoms with van der Waals surface area (Å²) in [7, 11) is -0.717. The van der Waals surface area contributed by atoms with Crippen molar-refractivity contribution in [1.29, 1.82) is 0 Å². The zero-order valence-corrected chi connectivity index (χ0v) is 10.3. The molecule has 0 unspecified atom stereocenters. The van der Waals surface area contributed by atoms with Gasteiger partial charge in [0.05, 0.1) is 0 Å². The lowest BCUT2D eigenvalue weighted by Gasteiger charge is -2.27. The minimum Gasteiger partial charge on any atom is -0.341 e. The van der Waals surface area contributed by atoms with Crippen molar-refractivity contribution in [1.82, 2.24) is 4.90 Å². The minimum atomic E-state index is -0.717. The third-order valence-corrected chi connectivity index (χ3v) is 3.79. The lowest BCUT2D eigenvalue weighted by Crippen LogP contribution is -2.43. The number of amides is 1. The van der Waals surface area contributed by atoms with E-state index in [1.807, 2.05) is 13.8 Å². The Morgan fingerprint density at radius 3 is 2.40 bits per heavy atom. The van der Waals surface area contributed by atoms with Crippen LogP contribution in [0, 0.1) is 0 Å². The predicted octanol–water partition coefficient (Wildman–Crippen LogP) is 0.0948. The minimum absolute atomic E-state index is 0.144. The van der Waals surface area contributed by atoms with E-state index in [1.165, 1.54) is 0 Å². The second-order valence-electron chi connectivity index (χ2n) is 4.72. The fourth-order valence-electron chi connectivity index (χ4n) is 1.47. The molecule has 15 heavy (non-hydrogen) atoms. The first-order valence-corrected chi connectivity index (χ1v) is 6.79. The van der Waals surface area contributed by atoms with Crippen LogP contribution < -0.4 is 5.73 Å². The van der Waals surface area contributed by atoms with Gasteiger partial charge in [0, 0.05) is 47.4 Å². The zero-order chi connectivity index (χ0) is 11.5. The largest absolute Gasteiger partial charge is 0.341 e. The Bertz CT molecular complexity index is 251. The van der Waals surface area contributed by atoms with Crippen LogP contribution in [-0.2, 0) is 15.6 Å². The lowest BCUT2D eigenvalue weighted by atomic mass is 10.00. The second-order valence-corrected chi connectivity index (χ2v) is 6.41. The van der Waals surface area contributed by atoms with Crippen LogP contribution in [0.25, 0.3) is 0 Å². The van der Waals surface area contributed by atoms with Gasteiger partial charge in [0.15, 0.2) is 0 Å². The molecule has 1 aliphatic heterocycles. The first-order valence-electron chi connectivity index (χ1n) is 5.30. The Morgan fingerprint density at radius 2 is 1.93 bits per heavy atom. The molecule has 0 aromatic rings. The van der Waals surface area contributed by atoms with Crippen LogP contribution in [0.15, 0.2) is 0 Å². The van der Waals surface area contributed by atoms with Gasteiger partial charge in [0.2, 0.25) is 5.91 Å². The maximum atomic E-state index is 11.7. The molecule has 0 atom stereocenters. The van der Waals surface area contributed by atoms with Crippen LogP contribution in [0.5, 0.6) is 0 Å². The number of hydrogen-bond acceptors (Lipinski definition) is 3. The highest BCUT2D eigenvalue weighted by atomic mass is 32.2. The molecule has 1 fully saturated rings. The Morgan fingerprint density at radius 1 is 1.40 bits per heavy atom. The maximum absolute atomic E-state index is 11.7. The van der Waals surface area contributed by atoms with E-state index in [0.29, 0.717) is 37.4 Å². The van der Waals surface area contributed by atoms with Gasteiger partial charge in [-0.3, -0.25) is 9.00 Å². The van der Waals surface area contributed by atoms with Gasteiger partial charge in [-0.2, -0.15) is 0 Å². The number of carbonyl (C=O) groups excluding carboxylic acids is 1. The standard InChI is InChI=1S/C10H20N2O2S/c1-10(2,11)4-3-9(13)12-5-7-15(14)8-6-12/h3-8,11H2,1-2H3. The number of nitrogens with zero attached hydrogens (tertiary/aromatic N) is 1. The SMILES string of the molecule is CC(C)(N)CCC(=O)N1CCS(=O)CC1. The van der Waals surface area contributed by atoms with Gasteiger partial charge in [0.25, 0.3) is 0 Å². The summed E-state index contributed by atoms with van der Waals surface area (Å²) in [5.74, 6) is 1.39. The van der Waals surface area contributed by atoms with Crippen molar-refractivity contribution in [3.8, 4) is 0 Å². The van der Waals surface area contributed by atoms with Gasteiger partial charge in [-0.25, -0.2) is 0 Å². The van der Waals surface area contributed by atoms with Crippen LogP contribution in [0.2, 0.25) is 0 Å². The van der Waals surface area contributed by atoms with E-state index in [4.69, 9.17) is 5.73 Å². The van der Waals surface area contributed by atoms with Gasteiger partial charge in [-0.1, -0.05) is 0 Å². The van der Waals surface area contributed by atoms with Crippen LogP contribution in [0.1, 0.15) is 26.7 Å². The first kappa shape index (κ1) is 12.6. The summed E-state index contributed by atoms with van der Waals surface area (Å²) in [6, 6.07) is 0. The molecule has 1 heterocycles. The molecule has 0 aliphatic carbocycles. The van der Waals surface area contributed by atoms with E-state index >= 15 is 0 Å². The molecule has 5 heteroatoms. The van der Waals surface area contributed by atoms with Gasteiger partial charge >= 0.3 is 0 Å². The highest BCUT2D eigenvalue weighted by molar-refractivity contribution is 7.85. The average molecular weight is 232 g/mol. The normalized spacial score (nSPS) is 19.3. The molecule has 1 saturated heterocycles. The Hall–Kier alpha value is -0.420. The van der Waals surface area contributed by atoms with Gasteiger partial charge in [0.1, 0.15) is 0 Å². The van der Waals surface area contributed by atoms with Crippen molar-refractivity contribution >= 4 is 16.7 Å². The highest BCUT2D eigenvalue weighted by Crippen LogP contribution is 2.10. The summed E-state index contributed by atoms with van der Waals surface area (Å²) in [6.07, 6.45) is 1.20. The van der Waals surface area contributed by atoms with Crippen LogP contribution in [0.4, 0.5) is 0 Å². The molecule has 0 aromatic heterocycles. The van der Waals surface area contributed by atoms with E-state index in [0.717, 1.165) is 0 Å². The van der Waals surface area contributed by atoms with Crippen molar-refractivity contribution in [3.05, 3.63) is 0 Å². The fourth-order valence-corrected chi connectivity index (χ4v) is 2.53. The highest BCUT2D eigenvalue weighted by Gasteiger charge is 2.21. The van der Waals surface area contributed by atoms with Gasteiger partial charge in [-0.05, 0) is 20.3 Å². The number of rotatable bonds is 3. The molecular formula is C10H20N2O2S. The molecule has 1 rings (SSSR count). The van der Waals surface area contributed by atoms with E-state index in [-0.39, 0.29) is 11.4 Å². The van der Waals surface area contributed by atoms with Crippen LogP contribution in [0.3, 0.4) is 0 Å². The number of nitrogens with two attached hydrogens (primary N) is 1. The summed E-state index contributed by atoms with van der Waals surface area (Å²) in [4.78, 5) is 13.5. The molecule has 0 aromatic carbocycles. The molecule has 0 spiro atoms. The third-order valence-electron chi connectivity index (χ3n) is 2.51. The lowest BCUT2D eigenvalue weighted by molar-refractivity contribution is -0.131. The summed E-state index contributed by atoms with van der Waals surface area (Å²) < 4.78 is 11.1. The molecule has 88 valence electrons. The second kappa shape index (κ2) is 5.07. The molecule has 1 aliphatic rings. The van der Waals surface area contributed by atoms with E-state index in [2.05, 4.69) is 0 Å². The van der Waals surface area contributed by atoms with Gasteiger partial charge in [-0.15, -0.1) is 0 Å². The molecule has 1 amide bonds. The molecule has 4 nitrogen and oxygen atoms in total. The van der Waals surface area contributed by atoms with Crippen molar-refractivity contribution < 1.29 is 9.00 Å². The van der Waals surface area contributed by atoms with Crippen molar-refractivity contribution in [2.75, 3.05) is 24.6 Å². The summed E-state index contributed by atoms with van der Waals surface area (Å²) in [5.41, 5.74) is 5.53. The zero-order valence-electron chi connectivity index (χ0n) is 9.49. The Balaban J connectivity index is 2.31. The quantitative estimate of drug-likeness (QED) is 0.750. The monoisotopic (exact) mass is 232 g/mol. The summed E-state index contributed by atoms with van der Waals surface area (Å²) in [5, 5.41) is 0. The molecule has 0 radical (unpaired) electrons. The van der Waals surface area contributed by atoms with E-state index < -0.39 is 10.8 Å². The van der Waals surface area contributed by atoms with Crippen molar-refractivity contribution in [3.63, 3.8) is 0 Å². The van der Waals surface area contributed by atoms with Crippen LogP contribution >= 0.6 is 0 Å². The smallest absolute Gasteiger partial charge is 0.222 e. The first-order chi connectivity index (χ1) is 6.88. The maximum Gasteiger partial charge on any atom is 0.222 e. The third kappa shape index (κ3) is 4.75. The van der Waals surface area contributed by atoms with Crippen molar-refractivity contribution in [2.45, 2.75) is 32.2 Å². The Kier molecular flexibility index (Phi) is 4.28. The van der Waals surface area contributed by atoms with Gasteiger partial charge < -0.3 is 10.6 Å². The molecule has 2 N–H and O–H groups in total. The summed E-state index contributed by atoms with van der Waals surface area (Å²) in [6.45, 7) is 5.12.